The molecule has 20 heavy (non-hydrogen) atoms. The van der Waals surface area contributed by atoms with Gasteiger partial charge in [0.25, 0.3) is 0 Å². The molecule has 0 saturated carbocycles. The van der Waals surface area contributed by atoms with Crippen LogP contribution in [0.15, 0.2) is 17.0 Å². The van der Waals surface area contributed by atoms with Gasteiger partial charge < -0.3 is 5.73 Å². The van der Waals surface area contributed by atoms with E-state index in [4.69, 9.17) is 5.73 Å². The van der Waals surface area contributed by atoms with Crippen LogP contribution in [0.2, 0.25) is 0 Å². The lowest BCUT2D eigenvalue weighted by Crippen LogP contribution is -2.29. The summed E-state index contributed by atoms with van der Waals surface area (Å²) in [6, 6.07) is 2.56. The Kier molecular flexibility index (Phi) is 4.07. The smallest absolute Gasteiger partial charge is 0.243 e. The van der Waals surface area contributed by atoms with Crippen LogP contribution in [0, 0.1) is 24.6 Å². The van der Waals surface area contributed by atoms with Crippen molar-refractivity contribution in [3.05, 3.63) is 23.5 Å². The third kappa shape index (κ3) is 2.67. The molecule has 0 amide bonds. The monoisotopic (exact) mass is 300 g/mol. The molecular weight excluding hydrogens is 279 g/mol. The standard InChI is InChI=1S/C14H21FN2O2S/c1-9(2)11-4-5-17(8-11)20(18,19)12-6-10(3)14(15)13(16)7-12/h6-7,9,11H,4-5,8,16H2,1-3H3. The number of benzene rings is 1. The van der Waals surface area contributed by atoms with Gasteiger partial charge in [-0.15, -0.1) is 0 Å². The van der Waals surface area contributed by atoms with Gasteiger partial charge in [-0.3, -0.25) is 0 Å². The number of nitrogens with two attached hydrogens (primary N) is 1. The number of anilines is 1. The number of aryl methyl sites for hydroxylation is 1. The van der Waals surface area contributed by atoms with Crippen molar-refractivity contribution < 1.29 is 12.8 Å². The largest absolute Gasteiger partial charge is 0.396 e. The van der Waals surface area contributed by atoms with Crippen LogP contribution in [0.3, 0.4) is 0 Å². The van der Waals surface area contributed by atoms with Crippen molar-refractivity contribution in [2.45, 2.75) is 32.1 Å². The molecule has 1 heterocycles. The second kappa shape index (κ2) is 5.33. The Morgan fingerprint density at radius 3 is 2.55 bits per heavy atom. The Labute approximate surface area is 119 Å². The highest BCUT2D eigenvalue weighted by Crippen LogP contribution is 2.30. The predicted octanol–water partition coefficient (Wildman–Crippen LogP) is 2.38. The second-order valence-electron chi connectivity index (χ2n) is 5.80. The molecule has 0 bridgehead atoms. The van der Waals surface area contributed by atoms with Gasteiger partial charge in [0, 0.05) is 13.1 Å². The molecule has 1 aliphatic heterocycles. The zero-order valence-corrected chi connectivity index (χ0v) is 12.9. The van der Waals surface area contributed by atoms with Crippen molar-refractivity contribution in [2.24, 2.45) is 11.8 Å². The number of hydrogen-bond donors (Lipinski definition) is 1. The normalized spacial score (nSPS) is 20.8. The van der Waals surface area contributed by atoms with Crippen LogP contribution in [-0.2, 0) is 10.0 Å². The van der Waals surface area contributed by atoms with E-state index < -0.39 is 15.8 Å². The number of rotatable bonds is 3. The average molecular weight is 300 g/mol. The maximum atomic E-state index is 13.5. The Hall–Kier alpha value is -1.14. The minimum absolute atomic E-state index is 0.0818. The van der Waals surface area contributed by atoms with Gasteiger partial charge in [-0.05, 0) is 42.9 Å². The molecule has 1 aromatic rings. The first-order valence-electron chi connectivity index (χ1n) is 6.79. The topological polar surface area (TPSA) is 63.4 Å². The van der Waals surface area contributed by atoms with E-state index >= 15 is 0 Å². The van der Waals surface area contributed by atoms with Crippen LogP contribution in [0.4, 0.5) is 10.1 Å². The van der Waals surface area contributed by atoms with Gasteiger partial charge in [-0.25, -0.2) is 12.8 Å². The third-order valence-corrected chi connectivity index (χ3v) is 5.87. The molecule has 0 spiro atoms. The van der Waals surface area contributed by atoms with E-state index in [1.165, 1.54) is 23.4 Å². The molecule has 6 heteroatoms. The van der Waals surface area contributed by atoms with E-state index in [1.54, 1.807) is 0 Å². The highest BCUT2D eigenvalue weighted by Gasteiger charge is 2.34. The zero-order chi connectivity index (χ0) is 15.1. The minimum Gasteiger partial charge on any atom is -0.396 e. The maximum absolute atomic E-state index is 13.5. The molecule has 0 radical (unpaired) electrons. The van der Waals surface area contributed by atoms with Gasteiger partial charge in [-0.2, -0.15) is 4.31 Å². The first-order chi connectivity index (χ1) is 9.23. The fourth-order valence-electron chi connectivity index (χ4n) is 2.58. The molecule has 0 aliphatic carbocycles. The van der Waals surface area contributed by atoms with Gasteiger partial charge in [-0.1, -0.05) is 13.8 Å². The Morgan fingerprint density at radius 2 is 2.05 bits per heavy atom. The number of halogens is 1. The molecule has 0 aromatic heterocycles. The summed E-state index contributed by atoms with van der Waals surface area (Å²) in [4.78, 5) is 0.0818. The first-order valence-corrected chi connectivity index (χ1v) is 8.23. The number of nitrogen functional groups attached to an aromatic ring is 1. The summed E-state index contributed by atoms with van der Waals surface area (Å²) in [5.74, 6) is 0.282. The van der Waals surface area contributed by atoms with Crippen molar-refractivity contribution in [2.75, 3.05) is 18.8 Å². The summed E-state index contributed by atoms with van der Waals surface area (Å²) in [7, 11) is -3.58. The van der Waals surface area contributed by atoms with E-state index in [9.17, 15) is 12.8 Å². The lowest BCUT2D eigenvalue weighted by atomic mass is 9.96. The van der Waals surface area contributed by atoms with Crippen molar-refractivity contribution in [1.82, 2.24) is 4.31 Å². The first kappa shape index (κ1) is 15.3. The predicted molar refractivity (Wildman–Crippen MR) is 77.3 cm³/mol. The summed E-state index contributed by atoms with van der Waals surface area (Å²) in [5.41, 5.74) is 5.67. The molecule has 1 fully saturated rings. The number of hydrogen-bond acceptors (Lipinski definition) is 3. The van der Waals surface area contributed by atoms with E-state index in [-0.39, 0.29) is 16.1 Å². The van der Waals surface area contributed by atoms with Crippen molar-refractivity contribution in [3.8, 4) is 0 Å². The van der Waals surface area contributed by atoms with Gasteiger partial charge in [0.05, 0.1) is 10.6 Å². The highest BCUT2D eigenvalue weighted by atomic mass is 32.2. The summed E-state index contributed by atoms with van der Waals surface area (Å²) >= 11 is 0. The van der Waals surface area contributed by atoms with Crippen LogP contribution in [-0.4, -0.2) is 25.8 Å². The lowest BCUT2D eigenvalue weighted by Gasteiger charge is -2.19. The van der Waals surface area contributed by atoms with Crippen molar-refractivity contribution in [1.29, 1.82) is 0 Å². The molecule has 1 unspecified atom stereocenters. The van der Waals surface area contributed by atoms with Gasteiger partial charge in [0.2, 0.25) is 10.0 Å². The fourth-order valence-corrected chi connectivity index (χ4v) is 4.21. The Morgan fingerprint density at radius 1 is 1.40 bits per heavy atom. The zero-order valence-electron chi connectivity index (χ0n) is 12.1. The highest BCUT2D eigenvalue weighted by molar-refractivity contribution is 7.89. The summed E-state index contributed by atoms with van der Waals surface area (Å²) in [6.07, 6.45) is 0.868. The molecule has 1 saturated heterocycles. The molecule has 4 nitrogen and oxygen atoms in total. The molecule has 1 atom stereocenters. The summed E-state index contributed by atoms with van der Waals surface area (Å²) in [5, 5.41) is 0. The Bertz CT molecular complexity index is 591. The van der Waals surface area contributed by atoms with Gasteiger partial charge in [0.15, 0.2) is 0 Å². The lowest BCUT2D eigenvalue weighted by molar-refractivity contribution is 0.388. The van der Waals surface area contributed by atoms with Crippen molar-refractivity contribution in [3.63, 3.8) is 0 Å². The second-order valence-corrected chi connectivity index (χ2v) is 7.74. The van der Waals surface area contributed by atoms with Crippen LogP contribution in [0.1, 0.15) is 25.8 Å². The average Bonchev–Trinajstić information content (AvgIpc) is 2.85. The third-order valence-electron chi connectivity index (χ3n) is 4.02. The molecule has 2 N–H and O–H groups in total. The Balaban J connectivity index is 2.32. The molecule has 1 aliphatic rings. The summed E-state index contributed by atoms with van der Waals surface area (Å²) in [6.45, 7) is 6.76. The molecule has 1 aromatic carbocycles. The molecule has 112 valence electrons. The molecule has 2 rings (SSSR count). The van der Waals surface area contributed by atoms with Crippen LogP contribution < -0.4 is 5.73 Å². The van der Waals surface area contributed by atoms with Crippen LogP contribution in [0.25, 0.3) is 0 Å². The maximum Gasteiger partial charge on any atom is 0.243 e. The number of nitrogens with zero attached hydrogens (tertiary/aromatic N) is 1. The van der Waals surface area contributed by atoms with Crippen LogP contribution in [0.5, 0.6) is 0 Å². The van der Waals surface area contributed by atoms with E-state index in [1.807, 2.05) is 0 Å². The van der Waals surface area contributed by atoms with E-state index in [0.29, 0.717) is 24.9 Å². The number of sulfonamides is 1. The quantitative estimate of drug-likeness (QED) is 0.872. The van der Waals surface area contributed by atoms with E-state index in [2.05, 4.69) is 13.8 Å². The summed E-state index contributed by atoms with van der Waals surface area (Å²) < 4.78 is 40.1. The SMILES string of the molecule is Cc1cc(S(=O)(=O)N2CCC(C(C)C)C2)cc(N)c1F. The fraction of sp³-hybridized carbons (Fsp3) is 0.571. The van der Waals surface area contributed by atoms with E-state index in [0.717, 1.165) is 6.42 Å². The van der Waals surface area contributed by atoms with Gasteiger partial charge in [0.1, 0.15) is 5.82 Å². The molecular formula is C14H21FN2O2S. The van der Waals surface area contributed by atoms with Gasteiger partial charge >= 0.3 is 0 Å². The van der Waals surface area contributed by atoms with Crippen molar-refractivity contribution >= 4 is 15.7 Å². The van der Waals surface area contributed by atoms with Crippen LogP contribution >= 0.6 is 0 Å². The minimum atomic E-state index is -3.58.